The summed E-state index contributed by atoms with van der Waals surface area (Å²) in [6.07, 6.45) is 1.93. The largest absolute Gasteiger partial charge is 0.456 e. The van der Waals surface area contributed by atoms with Crippen molar-refractivity contribution in [1.82, 2.24) is 0 Å². The van der Waals surface area contributed by atoms with Crippen molar-refractivity contribution in [3.05, 3.63) is 52.2 Å². The molecule has 0 fully saturated rings. The number of hydrogen-bond donors (Lipinski definition) is 1. The number of thiophene rings is 1. The molecule has 22 heavy (non-hydrogen) atoms. The summed E-state index contributed by atoms with van der Waals surface area (Å²) in [5.74, 6) is -0.655. The highest BCUT2D eigenvalue weighted by Gasteiger charge is 2.09. The zero-order valence-electron chi connectivity index (χ0n) is 12.5. The molecule has 5 heteroatoms. The summed E-state index contributed by atoms with van der Waals surface area (Å²) in [4.78, 5) is 24.6. The topological polar surface area (TPSA) is 55.4 Å². The van der Waals surface area contributed by atoms with E-state index in [2.05, 4.69) is 5.32 Å². The molecule has 0 unspecified atom stereocenters. The van der Waals surface area contributed by atoms with E-state index < -0.39 is 0 Å². The Labute approximate surface area is 134 Å². The monoisotopic (exact) mass is 317 g/mol. The van der Waals surface area contributed by atoms with Crippen LogP contribution in [0.1, 0.15) is 23.3 Å². The van der Waals surface area contributed by atoms with Gasteiger partial charge in [-0.25, -0.2) is 0 Å². The van der Waals surface area contributed by atoms with Crippen molar-refractivity contribution >= 4 is 28.9 Å². The van der Waals surface area contributed by atoms with Crippen molar-refractivity contribution in [3.8, 4) is 0 Å². The Hall–Kier alpha value is -2.14. The summed E-state index contributed by atoms with van der Waals surface area (Å²) in [5, 5.41) is 4.75. The number of ether oxygens (including phenoxy) is 1. The van der Waals surface area contributed by atoms with E-state index in [0.717, 1.165) is 24.1 Å². The Balaban J connectivity index is 1.65. The van der Waals surface area contributed by atoms with E-state index in [1.54, 1.807) is 11.3 Å². The number of esters is 1. The standard InChI is InChI=1S/C17H19NO3S/c1-13-6-2-3-9-15(13)18-16(19)12-21-17(20)10-4-7-14-8-5-11-22-14/h2-3,5-6,8-9,11H,4,7,10,12H2,1H3,(H,18,19). The molecule has 0 aliphatic carbocycles. The van der Waals surface area contributed by atoms with Crippen LogP contribution in [0, 0.1) is 6.92 Å². The molecular weight excluding hydrogens is 298 g/mol. The first-order chi connectivity index (χ1) is 10.6. The number of aryl methyl sites for hydroxylation is 2. The van der Waals surface area contributed by atoms with Crippen LogP contribution >= 0.6 is 11.3 Å². The van der Waals surface area contributed by atoms with Gasteiger partial charge in [0.25, 0.3) is 5.91 Å². The first-order valence-electron chi connectivity index (χ1n) is 7.18. The first kappa shape index (κ1) is 16.2. The van der Waals surface area contributed by atoms with Gasteiger partial charge in [0.1, 0.15) is 0 Å². The van der Waals surface area contributed by atoms with Gasteiger partial charge >= 0.3 is 5.97 Å². The molecule has 0 aliphatic rings. The molecule has 116 valence electrons. The van der Waals surface area contributed by atoms with Crippen LogP contribution in [0.2, 0.25) is 0 Å². The number of amides is 1. The lowest BCUT2D eigenvalue weighted by Gasteiger charge is -2.08. The van der Waals surface area contributed by atoms with Crippen LogP contribution < -0.4 is 5.32 Å². The molecule has 1 heterocycles. The van der Waals surface area contributed by atoms with Gasteiger partial charge in [-0.1, -0.05) is 24.3 Å². The Morgan fingerprint density at radius 3 is 2.73 bits per heavy atom. The summed E-state index contributed by atoms with van der Waals surface area (Å²) < 4.78 is 4.99. The summed E-state index contributed by atoms with van der Waals surface area (Å²) in [6.45, 7) is 1.67. The van der Waals surface area contributed by atoms with Crippen molar-refractivity contribution in [2.45, 2.75) is 26.2 Å². The first-order valence-corrected chi connectivity index (χ1v) is 8.06. The number of carbonyl (C=O) groups excluding carboxylic acids is 2. The fourth-order valence-corrected chi connectivity index (χ4v) is 2.73. The van der Waals surface area contributed by atoms with Gasteiger partial charge in [0.15, 0.2) is 6.61 Å². The van der Waals surface area contributed by atoms with Crippen molar-refractivity contribution < 1.29 is 14.3 Å². The van der Waals surface area contributed by atoms with Crippen LogP contribution in [0.4, 0.5) is 5.69 Å². The maximum Gasteiger partial charge on any atom is 0.306 e. The molecule has 0 atom stereocenters. The number of para-hydroxylation sites is 1. The molecule has 0 saturated heterocycles. The SMILES string of the molecule is Cc1ccccc1NC(=O)COC(=O)CCCc1cccs1. The molecule has 4 nitrogen and oxygen atoms in total. The van der Waals surface area contributed by atoms with E-state index in [4.69, 9.17) is 4.74 Å². The zero-order valence-corrected chi connectivity index (χ0v) is 13.3. The minimum Gasteiger partial charge on any atom is -0.456 e. The van der Waals surface area contributed by atoms with Gasteiger partial charge in [-0.3, -0.25) is 9.59 Å². The Kier molecular flexibility index (Phi) is 6.15. The van der Waals surface area contributed by atoms with Gasteiger partial charge in [-0.2, -0.15) is 0 Å². The Bertz CT molecular complexity index is 623. The average molecular weight is 317 g/mol. The van der Waals surface area contributed by atoms with E-state index in [-0.39, 0.29) is 18.5 Å². The number of benzene rings is 1. The van der Waals surface area contributed by atoms with Crippen molar-refractivity contribution in [3.63, 3.8) is 0 Å². The van der Waals surface area contributed by atoms with Crippen molar-refractivity contribution in [2.24, 2.45) is 0 Å². The zero-order chi connectivity index (χ0) is 15.8. The van der Waals surface area contributed by atoms with Crippen LogP contribution in [-0.4, -0.2) is 18.5 Å². The van der Waals surface area contributed by atoms with E-state index in [1.165, 1.54) is 4.88 Å². The molecule has 1 N–H and O–H groups in total. The predicted molar refractivity (Wildman–Crippen MR) is 88.0 cm³/mol. The van der Waals surface area contributed by atoms with Gasteiger partial charge in [0.2, 0.25) is 0 Å². The van der Waals surface area contributed by atoms with Crippen LogP contribution in [0.15, 0.2) is 41.8 Å². The molecule has 0 aliphatic heterocycles. The quantitative estimate of drug-likeness (QED) is 0.794. The lowest BCUT2D eigenvalue weighted by Crippen LogP contribution is -2.21. The second kappa shape index (κ2) is 8.34. The number of carbonyl (C=O) groups is 2. The van der Waals surface area contributed by atoms with Gasteiger partial charge in [0, 0.05) is 17.0 Å². The Morgan fingerprint density at radius 2 is 2.00 bits per heavy atom. The number of anilines is 1. The second-order valence-corrected chi connectivity index (χ2v) is 5.99. The van der Waals surface area contributed by atoms with Crippen LogP contribution in [-0.2, 0) is 20.7 Å². The molecule has 1 aromatic carbocycles. The lowest BCUT2D eigenvalue weighted by molar-refractivity contribution is -0.147. The van der Waals surface area contributed by atoms with E-state index in [1.807, 2.05) is 48.7 Å². The average Bonchev–Trinajstić information content (AvgIpc) is 3.01. The Morgan fingerprint density at radius 1 is 1.18 bits per heavy atom. The molecular formula is C17H19NO3S. The van der Waals surface area contributed by atoms with E-state index in [9.17, 15) is 9.59 Å². The van der Waals surface area contributed by atoms with Crippen LogP contribution in [0.3, 0.4) is 0 Å². The molecule has 1 aromatic heterocycles. The fraction of sp³-hybridized carbons (Fsp3) is 0.294. The number of rotatable bonds is 7. The molecule has 2 rings (SSSR count). The fourth-order valence-electron chi connectivity index (χ4n) is 1.98. The normalized spacial score (nSPS) is 10.2. The highest BCUT2D eigenvalue weighted by Crippen LogP contribution is 2.13. The second-order valence-electron chi connectivity index (χ2n) is 4.96. The van der Waals surface area contributed by atoms with Gasteiger partial charge < -0.3 is 10.1 Å². The third-order valence-electron chi connectivity index (χ3n) is 3.17. The maximum atomic E-state index is 11.7. The van der Waals surface area contributed by atoms with Crippen molar-refractivity contribution in [1.29, 1.82) is 0 Å². The van der Waals surface area contributed by atoms with Gasteiger partial charge in [0.05, 0.1) is 0 Å². The van der Waals surface area contributed by atoms with Gasteiger partial charge in [-0.05, 0) is 42.8 Å². The van der Waals surface area contributed by atoms with Gasteiger partial charge in [-0.15, -0.1) is 11.3 Å². The molecule has 2 aromatic rings. The maximum absolute atomic E-state index is 11.7. The summed E-state index contributed by atoms with van der Waals surface area (Å²) >= 11 is 1.68. The van der Waals surface area contributed by atoms with E-state index >= 15 is 0 Å². The highest BCUT2D eigenvalue weighted by atomic mass is 32.1. The number of nitrogens with one attached hydrogen (secondary N) is 1. The third-order valence-corrected chi connectivity index (χ3v) is 4.10. The minimum atomic E-state index is -0.337. The molecule has 0 bridgehead atoms. The molecule has 1 amide bonds. The van der Waals surface area contributed by atoms with Crippen molar-refractivity contribution in [2.75, 3.05) is 11.9 Å². The van der Waals surface area contributed by atoms with Crippen LogP contribution in [0.25, 0.3) is 0 Å². The number of hydrogen-bond acceptors (Lipinski definition) is 4. The highest BCUT2D eigenvalue weighted by molar-refractivity contribution is 7.09. The lowest BCUT2D eigenvalue weighted by atomic mass is 10.2. The smallest absolute Gasteiger partial charge is 0.306 e. The van der Waals surface area contributed by atoms with E-state index in [0.29, 0.717) is 6.42 Å². The molecule has 0 radical (unpaired) electrons. The summed E-state index contributed by atoms with van der Waals surface area (Å²) in [6, 6.07) is 11.5. The molecule has 0 saturated carbocycles. The summed E-state index contributed by atoms with van der Waals surface area (Å²) in [7, 11) is 0. The predicted octanol–water partition coefficient (Wildman–Crippen LogP) is 3.56. The summed E-state index contributed by atoms with van der Waals surface area (Å²) in [5.41, 5.74) is 1.71. The third kappa shape index (κ3) is 5.33. The minimum absolute atomic E-state index is 0.244. The van der Waals surface area contributed by atoms with Crippen LogP contribution in [0.5, 0.6) is 0 Å². The molecule has 0 spiro atoms.